The van der Waals surface area contributed by atoms with Crippen molar-refractivity contribution < 1.29 is 0 Å². The molecule has 104 valence electrons. The Morgan fingerprint density at radius 1 is 1.06 bits per heavy atom. The minimum Gasteiger partial charge on any atom is -0.310 e. The SMILES string of the molecule is C=C(C)C(C)=C(C)CC1NC(CC)C(CC)C1C. The Hall–Kier alpha value is -0.560. The van der Waals surface area contributed by atoms with Crippen LogP contribution in [-0.2, 0) is 0 Å². The van der Waals surface area contributed by atoms with E-state index < -0.39 is 0 Å². The lowest BCUT2D eigenvalue weighted by atomic mass is 9.83. The molecule has 0 aliphatic carbocycles. The molecule has 1 nitrogen and oxygen atoms in total. The van der Waals surface area contributed by atoms with Crippen molar-refractivity contribution >= 4 is 0 Å². The number of hydrogen-bond acceptors (Lipinski definition) is 1. The van der Waals surface area contributed by atoms with Gasteiger partial charge in [-0.1, -0.05) is 44.9 Å². The number of allylic oxidation sites excluding steroid dienone is 2. The molecule has 18 heavy (non-hydrogen) atoms. The maximum absolute atomic E-state index is 4.05. The highest BCUT2D eigenvalue weighted by Crippen LogP contribution is 2.34. The van der Waals surface area contributed by atoms with Crippen LogP contribution >= 0.6 is 0 Å². The van der Waals surface area contributed by atoms with Crippen molar-refractivity contribution in [2.75, 3.05) is 0 Å². The summed E-state index contributed by atoms with van der Waals surface area (Å²) in [6.07, 6.45) is 3.72. The highest BCUT2D eigenvalue weighted by Gasteiger charge is 2.37. The van der Waals surface area contributed by atoms with Crippen LogP contribution in [0.15, 0.2) is 23.3 Å². The van der Waals surface area contributed by atoms with Gasteiger partial charge in [0, 0.05) is 12.1 Å². The second-order valence-corrected chi connectivity index (χ2v) is 6.11. The first-order valence-electron chi connectivity index (χ1n) is 7.50. The molecule has 0 saturated carbocycles. The normalized spacial score (nSPS) is 33.4. The van der Waals surface area contributed by atoms with E-state index >= 15 is 0 Å². The van der Waals surface area contributed by atoms with Crippen molar-refractivity contribution in [3.63, 3.8) is 0 Å². The molecule has 1 rings (SSSR count). The fourth-order valence-electron chi connectivity index (χ4n) is 3.38. The van der Waals surface area contributed by atoms with Crippen LogP contribution in [0.2, 0.25) is 0 Å². The highest BCUT2D eigenvalue weighted by atomic mass is 15.0. The van der Waals surface area contributed by atoms with E-state index in [1.54, 1.807) is 0 Å². The summed E-state index contributed by atoms with van der Waals surface area (Å²) in [6.45, 7) is 17.7. The van der Waals surface area contributed by atoms with Crippen molar-refractivity contribution in [3.8, 4) is 0 Å². The third-order valence-electron chi connectivity index (χ3n) is 4.97. The van der Waals surface area contributed by atoms with Crippen molar-refractivity contribution in [2.45, 2.75) is 72.9 Å². The third-order valence-corrected chi connectivity index (χ3v) is 4.97. The molecule has 0 amide bonds. The van der Waals surface area contributed by atoms with E-state index in [0.29, 0.717) is 12.1 Å². The maximum atomic E-state index is 4.05. The molecule has 0 bridgehead atoms. The van der Waals surface area contributed by atoms with Gasteiger partial charge in [0.25, 0.3) is 0 Å². The minimum atomic E-state index is 0.647. The summed E-state index contributed by atoms with van der Waals surface area (Å²) in [5.74, 6) is 1.63. The fourth-order valence-corrected chi connectivity index (χ4v) is 3.38. The van der Waals surface area contributed by atoms with Gasteiger partial charge in [0.05, 0.1) is 0 Å². The second kappa shape index (κ2) is 6.56. The fraction of sp³-hybridized carbons (Fsp3) is 0.765. The molecule has 0 aromatic carbocycles. The van der Waals surface area contributed by atoms with E-state index in [9.17, 15) is 0 Å². The van der Waals surface area contributed by atoms with Crippen LogP contribution in [0.25, 0.3) is 0 Å². The van der Waals surface area contributed by atoms with Crippen LogP contribution in [0.4, 0.5) is 0 Å². The lowest BCUT2D eigenvalue weighted by Gasteiger charge is -2.20. The molecule has 1 saturated heterocycles. The Labute approximate surface area is 114 Å². The lowest BCUT2D eigenvalue weighted by molar-refractivity contribution is 0.348. The topological polar surface area (TPSA) is 12.0 Å². The molecule has 0 aromatic heterocycles. The summed E-state index contributed by atoms with van der Waals surface area (Å²) in [5.41, 5.74) is 4.09. The van der Waals surface area contributed by atoms with E-state index in [4.69, 9.17) is 0 Å². The molecule has 0 radical (unpaired) electrons. The monoisotopic (exact) mass is 249 g/mol. The van der Waals surface area contributed by atoms with E-state index in [1.807, 2.05) is 0 Å². The van der Waals surface area contributed by atoms with Gasteiger partial charge in [0.2, 0.25) is 0 Å². The Kier molecular flexibility index (Phi) is 5.65. The molecular formula is C17H31N. The van der Waals surface area contributed by atoms with Crippen molar-refractivity contribution in [1.82, 2.24) is 5.32 Å². The van der Waals surface area contributed by atoms with Gasteiger partial charge in [0.15, 0.2) is 0 Å². The first kappa shape index (κ1) is 15.5. The van der Waals surface area contributed by atoms with Crippen LogP contribution in [0.1, 0.15) is 60.8 Å². The molecular weight excluding hydrogens is 218 g/mol. The van der Waals surface area contributed by atoms with E-state index in [2.05, 4.69) is 53.4 Å². The molecule has 1 heteroatoms. The number of nitrogens with one attached hydrogen (secondary N) is 1. The van der Waals surface area contributed by atoms with Crippen LogP contribution in [0, 0.1) is 11.8 Å². The van der Waals surface area contributed by atoms with E-state index in [-0.39, 0.29) is 0 Å². The summed E-state index contributed by atoms with van der Waals surface area (Å²) >= 11 is 0. The molecule has 4 atom stereocenters. The molecule has 1 N–H and O–H groups in total. The van der Waals surface area contributed by atoms with Gasteiger partial charge in [-0.15, -0.1) is 0 Å². The summed E-state index contributed by atoms with van der Waals surface area (Å²) in [4.78, 5) is 0. The Balaban J connectivity index is 2.75. The van der Waals surface area contributed by atoms with Crippen LogP contribution in [0.3, 0.4) is 0 Å². The molecule has 0 spiro atoms. The summed E-state index contributed by atoms with van der Waals surface area (Å²) in [5, 5.41) is 3.85. The molecule has 1 heterocycles. The average molecular weight is 249 g/mol. The molecule has 1 fully saturated rings. The van der Waals surface area contributed by atoms with E-state index in [0.717, 1.165) is 11.8 Å². The van der Waals surface area contributed by atoms with Gasteiger partial charge in [0.1, 0.15) is 0 Å². The zero-order valence-corrected chi connectivity index (χ0v) is 13.1. The molecule has 4 unspecified atom stereocenters. The molecule has 1 aliphatic heterocycles. The predicted molar refractivity (Wildman–Crippen MR) is 81.8 cm³/mol. The summed E-state index contributed by atoms with van der Waals surface area (Å²) in [6, 6.07) is 1.36. The quantitative estimate of drug-likeness (QED) is 0.696. The van der Waals surface area contributed by atoms with Gasteiger partial charge in [-0.05, 0) is 51.0 Å². The van der Waals surface area contributed by atoms with Crippen LogP contribution < -0.4 is 5.32 Å². The zero-order valence-electron chi connectivity index (χ0n) is 13.1. The van der Waals surface area contributed by atoms with Crippen LogP contribution in [0.5, 0.6) is 0 Å². The molecule has 0 aromatic rings. The maximum Gasteiger partial charge on any atom is 0.0136 e. The van der Waals surface area contributed by atoms with Crippen molar-refractivity contribution in [3.05, 3.63) is 23.3 Å². The van der Waals surface area contributed by atoms with Gasteiger partial charge in [-0.3, -0.25) is 0 Å². The van der Waals surface area contributed by atoms with Crippen molar-refractivity contribution in [2.24, 2.45) is 11.8 Å². The zero-order chi connectivity index (χ0) is 13.9. The van der Waals surface area contributed by atoms with Gasteiger partial charge >= 0.3 is 0 Å². The lowest BCUT2D eigenvalue weighted by Crippen LogP contribution is -2.31. The highest BCUT2D eigenvalue weighted by molar-refractivity contribution is 5.29. The molecule has 1 aliphatic rings. The predicted octanol–water partition coefficient (Wildman–Crippen LogP) is 4.70. The smallest absolute Gasteiger partial charge is 0.0136 e. The minimum absolute atomic E-state index is 0.647. The largest absolute Gasteiger partial charge is 0.310 e. The summed E-state index contributed by atoms with van der Waals surface area (Å²) in [7, 11) is 0. The third kappa shape index (κ3) is 3.26. The summed E-state index contributed by atoms with van der Waals surface area (Å²) < 4.78 is 0. The van der Waals surface area contributed by atoms with Gasteiger partial charge in [-0.25, -0.2) is 0 Å². The first-order valence-corrected chi connectivity index (χ1v) is 7.50. The Bertz CT molecular complexity index is 327. The standard InChI is InChI=1S/C17H31N/c1-8-15-14(7)17(18-16(15)9-2)10-12(5)13(6)11(3)4/h14-18H,3,8-10H2,1-2,4-7H3. The Morgan fingerprint density at radius 2 is 1.67 bits per heavy atom. The Morgan fingerprint density at radius 3 is 2.06 bits per heavy atom. The second-order valence-electron chi connectivity index (χ2n) is 6.11. The van der Waals surface area contributed by atoms with Crippen LogP contribution in [-0.4, -0.2) is 12.1 Å². The van der Waals surface area contributed by atoms with Gasteiger partial charge < -0.3 is 5.32 Å². The van der Waals surface area contributed by atoms with Gasteiger partial charge in [-0.2, -0.15) is 0 Å². The average Bonchev–Trinajstić information content (AvgIpc) is 2.64. The number of rotatable bonds is 5. The first-order chi connectivity index (χ1) is 8.42. The van der Waals surface area contributed by atoms with E-state index in [1.165, 1.54) is 36.0 Å². The number of hydrogen-bond donors (Lipinski definition) is 1. The van der Waals surface area contributed by atoms with Crippen molar-refractivity contribution in [1.29, 1.82) is 0 Å².